The van der Waals surface area contributed by atoms with Gasteiger partial charge >= 0.3 is 0 Å². The summed E-state index contributed by atoms with van der Waals surface area (Å²) in [6, 6.07) is 0. The Labute approximate surface area is 98.5 Å². The van der Waals surface area contributed by atoms with E-state index >= 15 is 0 Å². The van der Waals surface area contributed by atoms with Gasteiger partial charge in [0.05, 0.1) is 12.7 Å². The molecular weight excluding hydrogens is 204 g/mol. The predicted octanol–water partition coefficient (Wildman–Crippen LogP) is 1.55. The third kappa shape index (κ3) is 2.96. The summed E-state index contributed by atoms with van der Waals surface area (Å²) in [4.78, 5) is 0. The van der Waals surface area contributed by atoms with Gasteiger partial charge < -0.3 is 15.3 Å². The van der Waals surface area contributed by atoms with Crippen LogP contribution in [0.1, 0.15) is 46.5 Å². The highest BCUT2D eigenvalue weighted by molar-refractivity contribution is 4.89. The molecule has 1 aliphatic carbocycles. The minimum Gasteiger partial charge on any atom is -0.394 e. The van der Waals surface area contributed by atoms with Gasteiger partial charge in [-0.05, 0) is 36.5 Å². The number of rotatable bonds is 4. The maximum absolute atomic E-state index is 9.95. The highest BCUT2D eigenvalue weighted by atomic mass is 16.4. The quantitative estimate of drug-likeness (QED) is 0.687. The molecule has 3 N–H and O–H groups in total. The summed E-state index contributed by atoms with van der Waals surface area (Å²) >= 11 is 0. The molecule has 0 heterocycles. The molecule has 3 heteroatoms. The van der Waals surface area contributed by atoms with Crippen molar-refractivity contribution in [3.05, 3.63) is 0 Å². The fourth-order valence-corrected chi connectivity index (χ4v) is 2.81. The van der Waals surface area contributed by atoms with Gasteiger partial charge in [-0.1, -0.05) is 27.2 Å². The molecule has 0 aromatic carbocycles. The van der Waals surface area contributed by atoms with Crippen LogP contribution in [0.25, 0.3) is 0 Å². The second-order valence-corrected chi connectivity index (χ2v) is 5.91. The standard InChI is InChI=1S/C13H26O3/c1-9(2)13(3)6-4-5-10(7-13)12(16)11(15)8-14/h9-12,14-16H,4-8H2,1-3H3. The van der Waals surface area contributed by atoms with Crippen molar-refractivity contribution < 1.29 is 15.3 Å². The lowest BCUT2D eigenvalue weighted by Crippen LogP contribution is -2.41. The predicted molar refractivity (Wildman–Crippen MR) is 64.0 cm³/mol. The Bertz CT molecular complexity index is 217. The molecule has 1 saturated carbocycles. The average Bonchev–Trinajstić information content (AvgIpc) is 2.27. The van der Waals surface area contributed by atoms with Crippen LogP contribution in [0, 0.1) is 17.3 Å². The smallest absolute Gasteiger partial charge is 0.103 e. The van der Waals surface area contributed by atoms with Crippen LogP contribution < -0.4 is 0 Å². The molecule has 0 saturated heterocycles. The van der Waals surface area contributed by atoms with Gasteiger partial charge in [-0.2, -0.15) is 0 Å². The largest absolute Gasteiger partial charge is 0.394 e. The van der Waals surface area contributed by atoms with Crippen LogP contribution in [-0.4, -0.2) is 34.1 Å². The van der Waals surface area contributed by atoms with Crippen LogP contribution >= 0.6 is 0 Å². The molecule has 1 fully saturated rings. The molecule has 0 aromatic heterocycles. The Hall–Kier alpha value is -0.120. The van der Waals surface area contributed by atoms with Crippen LogP contribution in [0.3, 0.4) is 0 Å². The Kier molecular flexibility index (Phi) is 4.77. The zero-order valence-electron chi connectivity index (χ0n) is 10.7. The molecule has 96 valence electrons. The number of hydrogen-bond acceptors (Lipinski definition) is 3. The topological polar surface area (TPSA) is 60.7 Å². The van der Waals surface area contributed by atoms with Crippen LogP contribution in [0.2, 0.25) is 0 Å². The van der Waals surface area contributed by atoms with Crippen molar-refractivity contribution in [3.63, 3.8) is 0 Å². The lowest BCUT2D eigenvalue weighted by Gasteiger charge is -2.43. The van der Waals surface area contributed by atoms with E-state index in [9.17, 15) is 10.2 Å². The van der Waals surface area contributed by atoms with Crippen LogP contribution in [-0.2, 0) is 0 Å². The van der Waals surface area contributed by atoms with Gasteiger partial charge in [-0.15, -0.1) is 0 Å². The van der Waals surface area contributed by atoms with E-state index in [0.717, 1.165) is 19.3 Å². The molecule has 1 rings (SSSR count). The zero-order valence-corrected chi connectivity index (χ0v) is 10.7. The van der Waals surface area contributed by atoms with Gasteiger partial charge in [0.1, 0.15) is 6.10 Å². The van der Waals surface area contributed by atoms with Gasteiger partial charge in [-0.3, -0.25) is 0 Å². The summed E-state index contributed by atoms with van der Waals surface area (Å²) in [6.07, 6.45) is 2.45. The van der Waals surface area contributed by atoms with E-state index < -0.39 is 12.2 Å². The van der Waals surface area contributed by atoms with E-state index in [-0.39, 0.29) is 17.9 Å². The fraction of sp³-hybridized carbons (Fsp3) is 1.00. The molecule has 0 bridgehead atoms. The molecule has 0 aliphatic heterocycles. The first-order valence-corrected chi connectivity index (χ1v) is 6.37. The van der Waals surface area contributed by atoms with E-state index in [2.05, 4.69) is 20.8 Å². The van der Waals surface area contributed by atoms with Gasteiger partial charge in [0.15, 0.2) is 0 Å². The summed E-state index contributed by atoms with van der Waals surface area (Å²) in [7, 11) is 0. The van der Waals surface area contributed by atoms with E-state index in [0.29, 0.717) is 5.92 Å². The van der Waals surface area contributed by atoms with E-state index in [1.807, 2.05) is 0 Å². The number of aliphatic hydroxyl groups is 3. The summed E-state index contributed by atoms with van der Waals surface area (Å²) in [5.41, 5.74) is 0.263. The third-order valence-corrected chi connectivity index (χ3v) is 4.51. The van der Waals surface area contributed by atoms with Crippen LogP contribution in [0.15, 0.2) is 0 Å². The summed E-state index contributed by atoms with van der Waals surface area (Å²) in [5, 5.41) is 28.3. The maximum Gasteiger partial charge on any atom is 0.103 e. The monoisotopic (exact) mass is 230 g/mol. The maximum atomic E-state index is 9.95. The first-order chi connectivity index (χ1) is 7.40. The van der Waals surface area contributed by atoms with Crippen molar-refractivity contribution in [1.82, 2.24) is 0 Å². The van der Waals surface area contributed by atoms with Crippen LogP contribution in [0.5, 0.6) is 0 Å². The zero-order chi connectivity index (χ0) is 12.3. The Morgan fingerprint density at radius 1 is 1.31 bits per heavy atom. The molecule has 1 aliphatic rings. The van der Waals surface area contributed by atoms with Crippen molar-refractivity contribution in [2.24, 2.45) is 17.3 Å². The second-order valence-electron chi connectivity index (χ2n) is 5.91. The highest BCUT2D eigenvalue weighted by Gasteiger charge is 2.38. The molecule has 3 nitrogen and oxygen atoms in total. The van der Waals surface area contributed by atoms with Crippen molar-refractivity contribution in [2.75, 3.05) is 6.61 Å². The Morgan fingerprint density at radius 2 is 1.94 bits per heavy atom. The average molecular weight is 230 g/mol. The minimum atomic E-state index is -0.987. The van der Waals surface area contributed by atoms with Crippen molar-refractivity contribution in [1.29, 1.82) is 0 Å². The van der Waals surface area contributed by atoms with E-state index in [4.69, 9.17) is 5.11 Å². The summed E-state index contributed by atoms with van der Waals surface area (Å²) in [6.45, 7) is 6.35. The molecule has 4 unspecified atom stereocenters. The van der Waals surface area contributed by atoms with Crippen molar-refractivity contribution in [3.8, 4) is 0 Å². The first kappa shape index (κ1) is 13.9. The lowest BCUT2D eigenvalue weighted by atomic mass is 9.63. The van der Waals surface area contributed by atoms with Crippen LogP contribution in [0.4, 0.5) is 0 Å². The SMILES string of the molecule is CC(C)C1(C)CCCC(C(O)C(O)CO)C1. The Balaban J connectivity index is 2.63. The molecule has 0 radical (unpaired) electrons. The van der Waals surface area contributed by atoms with Gasteiger partial charge in [-0.25, -0.2) is 0 Å². The fourth-order valence-electron chi connectivity index (χ4n) is 2.81. The van der Waals surface area contributed by atoms with Gasteiger partial charge in [0.2, 0.25) is 0 Å². The molecule has 4 atom stereocenters. The number of aliphatic hydroxyl groups excluding tert-OH is 3. The molecule has 0 aromatic rings. The van der Waals surface area contributed by atoms with E-state index in [1.165, 1.54) is 6.42 Å². The second kappa shape index (κ2) is 5.48. The third-order valence-electron chi connectivity index (χ3n) is 4.51. The van der Waals surface area contributed by atoms with Gasteiger partial charge in [0.25, 0.3) is 0 Å². The molecular formula is C13H26O3. The normalized spacial score (nSPS) is 35.1. The van der Waals surface area contributed by atoms with E-state index in [1.54, 1.807) is 0 Å². The van der Waals surface area contributed by atoms with Crippen molar-refractivity contribution in [2.45, 2.75) is 58.7 Å². The highest BCUT2D eigenvalue weighted by Crippen LogP contribution is 2.45. The molecule has 0 amide bonds. The summed E-state index contributed by atoms with van der Waals surface area (Å²) in [5.74, 6) is 0.720. The van der Waals surface area contributed by atoms with Gasteiger partial charge in [0, 0.05) is 0 Å². The summed E-state index contributed by atoms with van der Waals surface area (Å²) < 4.78 is 0. The molecule has 16 heavy (non-hydrogen) atoms. The lowest BCUT2D eigenvalue weighted by molar-refractivity contribution is -0.0682. The Morgan fingerprint density at radius 3 is 2.44 bits per heavy atom. The van der Waals surface area contributed by atoms with Crippen molar-refractivity contribution >= 4 is 0 Å². The molecule has 0 spiro atoms. The minimum absolute atomic E-state index is 0.128. The first-order valence-electron chi connectivity index (χ1n) is 6.37. The number of hydrogen-bond donors (Lipinski definition) is 3.